The normalized spacial score (nSPS) is 31.5. The van der Waals surface area contributed by atoms with Crippen molar-refractivity contribution in [3.05, 3.63) is 0 Å². The van der Waals surface area contributed by atoms with E-state index >= 15 is 0 Å². The maximum Gasteiger partial charge on any atom is 0.471 e. The van der Waals surface area contributed by atoms with Gasteiger partial charge in [-0.3, -0.25) is 4.79 Å². The molecule has 2 aliphatic heterocycles. The molecule has 0 unspecified atom stereocenters. The van der Waals surface area contributed by atoms with Crippen LogP contribution < -0.4 is 5.32 Å². The molecule has 1 amide bonds. The number of hydrogen-bond donors (Lipinski definition) is 1. The number of rotatable bonds is 0. The Kier molecular flexibility index (Phi) is 2.62. The lowest BCUT2D eigenvalue weighted by Crippen LogP contribution is -2.48. The topological polar surface area (TPSA) is 32.3 Å². The minimum atomic E-state index is -4.73. The van der Waals surface area contributed by atoms with Crippen molar-refractivity contribution in [3.8, 4) is 0 Å². The molecule has 2 atom stereocenters. The van der Waals surface area contributed by atoms with Gasteiger partial charge < -0.3 is 10.2 Å². The van der Waals surface area contributed by atoms with Gasteiger partial charge in [-0.15, -0.1) is 0 Å². The molecule has 1 N–H and O–H groups in total. The zero-order valence-electron chi connectivity index (χ0n) is 8.18. The summed E-state index contributed by atoms with van der Waals surface area (Å²) in [5, 5.41) is 3.05. The Labute approximate surface area is 85.6 Å². The molecule has 0 aromatic heterocycles. The van der Waals surface area contributed by atoms with Crippen molar-refractivity contribution < 1.29 is 18.0 Å². The number of halogens is 3. The van der Waals surface area contributed by atoms with Crippen LogP contribution in [0, 0.1) is 0 Å². The summed E-state index contributed by atoms with van der Waals surface area (Å²) < 4.78 is 37.0. The van der Waals surface area contributed by atoms with Crippen LogP contribution in [0.25, 0.3) is 0 Å². The van der Waals surface area contributed by atoms with Crippen LogP contribution in [0.2, 0.25) is 0 Å². The van der Waals surface area contributed by atoms with Gasteiger partial charge in [0.2, 0.25) is 0 Å². The molecule has 2 bridgehead atoms. The highest BCUT2D eigenvalue weighted by Crippen LogP contribution is 2.32. The highest BCUT2D eigenvalue weighted by atomic mass is 19.4. The van der Waals surface area contributed by atoms with Crippen LogP contribution in [-0.2, 0) is 4.79 Å². The Balaban J connectivity index is 2.17. The van der Waals surface area contributed by atoms with E-state index in [2.05, 4.69) is 5.32 Å². The van der Waals surface area contributed by atoms with Crippen LogP contribution in [0.15, 0.2) is 0 Å². The summed E-state index contributed by atoms with van der Waals surface area (Å²) in [6.07, 6.45) is -2.73. The predicted molar refractivity (Wildman–Crippen MR) is 47.2 cm³/mol. The summed E-state index contributed by atoms with van der Waals surface area (Å²) >= 11 is 0. The van der Waals surface area contributed by atoms with Gasteiger partial charge in [-0.1, -0.05) is 0 Å². The van der Waals surface area contributed by atoms with Crippen LogP contribution in [0.4, 0.5) is 13.2 Å². The van der Waals surface area contributed by atoms with Crippen molar-refractivity contribution in [1.82, 2.24) is 10.2 Å². The van der Waals surface area contributed by atoms with Crippen molar-refractivity contribution in [2.75, 3.05) is 13.1 Å². The molecule has 2 aliphatic rings. The van der Waals surface area contributed by atoms with Crippen molar-refractivity contribution in [2.24, 2.45) is 0 Å². The van der Waals surface area contributed by atoms with Gasteiger partial charge in [-0.2, -0.15) is 13.2 Å². The van der Waals surface area contributed by atoms with E-state index in [1.165, 1.54) is 0 Å². The minimum Gasteiger partial charge on any atom is -0.328 e. The summed E-state index contributed by atoms with van der Waals surface area (Å²) in [6.45, 7) is 1.18. The number of nitrogens with zero attached hydrogens (tertiary/aromatic N) is 1. The largest absolute Gasteiger partial charge is 0.471 e. The highest BCUT2D eigenvalue weighted by molar-refractivity contribution is 5.82. The first-order chi connectivity index (χ1) is 7.00. The Morgan fingerprint density at radius 3 is 2.53 bits per heavy atom. The molecule has 0 aromatic carbocycles. The number of hydrogen-bond acceptors (Lipinski definition) is 2. The SMILES string of the molecule is O=C(N1[C@H]2CCNC[C@@H]1CC2)C(F)(F)F. The summed E-state index contributed by atoms with van der Waals surface area (Å²) in [5.41, 5.74) is 0. The summed E-state index contributed by atoms with van der Waals surface area (Å²) in [5.74, 6) is -1.67. The quantitative estimate of drug-likeness (QED) is 0.660. The number of amides is 1. The third-order valence-electron chi connectivity index (χ3n) is 3.13. The van der Waals surface area contributed by atoms with Crippen molar-refractivity contribution in [3.63, 3.8) is 0 Å². The van der Waals surface area contributed by atoms with Gasteiger partial charge in [-0.05, 0) is 25.8 Å². The van der Waals surface area contributed by atoms with E-state index < -0.39 is 12.1 Å². The molecular formula is C9H13F3N2O. The lowest BCUT2D eigenvalue weighted by Gasteiger charge is -2.28. The molecule has 2 saturated heterocycles. The molecule has 0 radical (unpaired) electrons. The van der Waals surface area contributed by atoms with Gasteiger partial charge >= 0.3 is 12.1 Å². The van der Waals surface area contributed by atoms with E-state index in [-0.39, 0.29) is 12.1 Å². The third kappa shape index (κ3) is 1.95. The number of fused-ring (bicyclic) bond motifs is 2. The first-order valence-corrected chi connectivity index (χ1v) is 5.10. The van der Waals surface area contributed by atoms with Crippen molar-refractivity contribution in [1.29, 1.82) is 0 Å². The zero-order chi connectivity index (χ0) is 11.1. The van der Waals surface area contributed by atoms with Gasteiger partial charge in [0, 0.05) is 18.6 Å². The second kappa shape index (κ2) is 3.66. The highest BCUT2D eigenvalue weighted by Gasteiger charge is 2.49. The lowest BCUT2D eigenvalue weighted by atomic mass is 10.1. The molecule has 2 fully saturated rings. The van der Waals surface area contributed by atoms with Crippen LogP contribution in [-0.4, -0.2) is 42.2 Å². The zero-order valence-corrected chi connectivity index (χ0v) is 8.18. The fraction of sp³-hybridized carbons (Fsp3) is 0.889. The smallest absolute Gasteiger partial charge is 0.328 e. The maximum absolute atomic E-state index is 12.3. The van der Waals surface area contributed by atoms with Crippen LogP contribution in [0.1, 0.15) is 19.3 Å². The Morgan fingerprint density at radius 1 is 1.20 bits per heavy atom. The van der Waals surface area contributed by atoms with E-state index in [9.17, 15) is 18.0 Å². The summed E-state index contributed by atoms with van der Waals surface area (Å²) in [6, 6.07) is -0.495. The molecule has 2 heterocycles. The van der Waals surface area contributed by atoms with Crippen LogP contribution in [0.5, 0.6) is 0 Å². The Morgan fingerprint density at radius 2 is 1.87 bits per heavy atom. The predicted octanol–water partition coefficient (Wildman–Crippen LogP) is 0.902. The third-order valence-corrected chi connectivity index (χ3v) is 3.13. The van der Waals surface area contributed by atoms with E-state index in [1.807, 2.05) is 0 Å². The van der Waals surface area contributed by atoms with E-state index in [0.717, 1.165) is 4.90 Å². The minimum absolute atomic E-state index is 0.223. The molecule has 0 aliphatic carbocycles. The van der Waals surface area contributed by atoms with Crippen molar-refractivity contribution >= 4 is 5.91 Å². The Hall–Kier alpha value is -0.780. The standard InChI is InChI=1S/C9H13F3N2O/c10-9(11,12)8(15)14-6-1-2-7(14)5-13-4-3-6/h6-7,13H,1-5H2/t6-,7+/m1/s1. The molecule has 15 heavy (non-hydrogen) atoms. The average molecular weight is 222 g/mol. The molecule has 0 spiro atoms. The molecule has 0 saturated carbocycles. The fourth-order valence-electron chi connectivity index (χ4n) is 2.46. The van der Waals surface area contributed by atoms with Crippen molar-refractivity contribution in [2.45, 2.75) is 37.5 Å². The fourth-order valence-corrected chi connectivity index (χ4v) is 2.46. The molecule has 2 rings (SSSR count). The van der Waals surface area contributed by atoms with E-state index in [0.29, 0.717) is 32.4 Å². The van der Waals surface area contributed by atoms with Gasteiger partial charge in [0.15, 0.2) is 0 Å². The van der Waals surface area contributed by atoms with Crippen LogP contribution in [0.3, 0.4) is 0 Å². The number of carbonyl (C=O) groups is 1. The molecular weight excluding hydrogens is 209 g/mol. The van der Waals surface area contributed by atoms with Gasteiger partial charge in [0.05, 0.1) is 0 Å². The molecule has 6 heteroatoms. The number of nitrogens with one attached hydrogen (secondary N) is 1. The van der Waals surface area contributed by atoms with E-state index in [1.54, 1.807) is 0 Å². The first kappa shape index (κ1) is 10.7. The van der Waals surface area contributed by atoms with E-state index in [4.69, 9.17) is 0 Å². The van der Waals surface area contributed by atoms with Crippen LogP contribution >= 0.6 is 0 Å². The average Bonchev–Trinajstić information content (AvgIpc) is 2.36. The molecule has 86 valence electrons. The first-order valence-electron chi connectivity index (χ1n) is 5.10. The summed E-state index contributed by atoms with van der Waals surface area (Å²) in [4.78, 5) is 12.2. The Bertz CT molecular complexity index is 253. The second-order valence-corrected chi connectivity index (χ2v) is 4.09. The second-order valence-electron chi connectivity index (χ2n) is 4.09. The molecule has 3 nitrogen and oxygen atoms in total. The summed E-state index contributed by atoms with van der Waals surface area (Å²) in [7, 11) is 0. The molecule has 0 aromatic rings. The number of carbonyl (C=O) groups excluding carboxylic acids is 1. The monoisotopic (exact) mass is 222 g/mol. The maximum atomic E-state index is 12.3. The number of alkyl halides is 3. The van der Waals surface area contributed by atoms with Gasteiger partial charge in [0.25, 0.3) is 0 Å². The lowest BCUT2D eigenvalue weighted by molar-refractivity contribution is -0.188. The van der Waals surface area contributed by atoms with Gasteiger partial charge in [0.1, 0.15) is 0 Å². The van der Waals surface area contributed by atoms with Gasteiger partial charge in [-0.25, -0.2) is 0 Å².